The average molecular weight is 267 g/mol. The van der Waals surface area contributed by atoms with E-state index in [9.17, 15) is 4.79 Å². The molecule has 1 amide bonds. The second-order valence-corrected chi connectivity index (χ2v) is 4.41. The van der Waals surface area contributed by atoms with Crippen molar-refractivity contribution in [2.75, 3.05) is 10.6 Å². The second kappa shape index (κ2) is 5.14. The van der Waals surface area contributed by atoms with Crippen LogP contribution in [0.5, 0.6) is 0 Å². The summed E-state index contributed by atoms with van der Waals surface area (Å²) in [6.07, 6.45) is 3.29. The zero-order chi connectivity index (χ0) is 13.9. The first-order chi connectivity index (χ1) is 9.78. The molecule has 0 fully saturated rings. The third-order valence-corrected chi connectivity index (χ3v) is 3.07. The van der Waals surface area contributed by atoms with Crippen LogP contribution < -0.4 is 10.6 Å². The van der Waals surface area contributed by atoms with Gasteiger partial charge in [-0.2, -0.15) is 0 Å². The van der Waals surface area contributed by atoms with Crippen molar-refractivity contribution in [2.24, 2.45) is 0 Å². The van der Waals surface area contributed by atoms with Crippen LogP contribution >= 0.6 is 0 Å². The molecular weight excluding hydrogens is 254 g/mol. The minimum atomic E-state index is -0.176. The summed E-state index contributed by atoms with van der Waals surface area (Å²) in [4.78, 5) is 16.0. The lowest BCUT2D eigenvalue weighted by molar-refractivity contribution is -0.110. The van der Waals surface area contributed by atoms with Crippen LogP contribution in [-0.2, 0) is 11.4 Å². The Morgan fingerprint density at radius 1 is 1.30 bits per heavy atom. The van der Waals surface area contributed by atoms with Crippen molar-refractivity contribution < 1.29 is 9.90 Å². The molecule has 3 rings (SSSR count). The van der Waals surface area contributed by atoms with E-state index in [0.717, 1.165) is 16.8 Å². The van der Waals surface area contributed by atoms with E-state index in [1.165, 1.54) is 0 Å². The van der Waals surface area contributed by atoms with Gasteiger partial charge in [0.2, 0.25) is 0 Å². The van der Waals surface area contributed by atoms with Crippen LogP contribution in [-0.4, -0.2) is 16.0 Å². The molecule has 100 valence electrons. The number of aromatic nitrogens is 1. The molecular formula is C15H13N3O2. The van der Waals surface area contributed by atoms with Crippen molar-refractivity contribution >= 4 is 23.0 Å². The maximum atomic E-state index is 11.9. The molecule has 0 saturated heterocycles. The topological polar surface area (TPSA) is 74.2 Å². The smallest absolute Gasteiger partial charge is 0.259 e. The summed E-state index contributed by atoms with van der Waals surface area (Å²) in [7, 11) is 0. The molecule has 5 nitrogen and oxygen atoms in total. The molecule has 3 N–H and O–H groups in total. The van der Waals surface area contributed by atoms with Crippen LogP contribution in [0.25, 0.3) is 5.57 Å². The molecule has 0 spiro atoms. The van der Waals surface area contributed by atoms with Gasteiger partial charge in [0.15, 0.2) is 0 Å². The van der Waals surface area contributed by atoms with Crippen molar-refractivity contribution in [3.63, 3.8) is 0 Å². The second-order valence-electron chi connectivity index (χ2n) is 4.41. The Labute approximate surface area is 116 Å². The van der Waals surface area contributed by atoms with E-state index in [-0.39, 0.29) is 12.5 Å². The van der Waals surface area contributed by atoms with Gasteiger partial charge in [0.05, 0.1) is 12.2 Å². The number of aliphatic hydroxyl groups is 1. The number of anilines is 2. The minimum absolute atomic E-state index is 0.0146. The Morgan fingerprint density at radius 3 is 3.05 bits per heavy atom. The normalized spacial score (nSPS) is 15.1. The molecule has 2 heterocycles. The Kier molecular flexibility index (Phi) is 3.18. The van der Waals surface area contributed by atoms with Crippen molar-refractivity contribution in [3.05, 3.63) is 59.9 Å². The molecule has 1 aliphatic rings. The van der Waals surface area contributed by atoms with Gasteiger partial charge in [0, 0.05) is 23.6 Å². The molecule has 0 bridgehead atoms. The van der Waals surface area contributed by atoms with E-state index >= 15 is 0 Å². The van der Waals surface area contributed by atoms with Crippen molar-refractivity contribution in [2.45, 2.75) is 6.61 Å². The number of carbonyl (C=O) groups excluding carboxylic acids is 1. The van der Waals surface area contributed by atoms with Gasteiger partial charge >= 0.3 is 0 Å². The predicted octanol–water partition coefficient (Wildman–Crippen LogP) is 1.98. The monoisotopic (exact) mass is 267 g/mol. The number of hydrogen-bond acceptors (Lipinski definition) is 4. The van der Waals surface area contributed by atoms with Crippen molar-refractivity contribution in [3.8, 4) is 0 Å². The van der Waals surface area contributed by atoms with Gasteiger partial charge in [0.1, 0.15) is 5.82 Å². The highest BCUT2D eigenvalue weighted by atomic mass is 16.3. The zero-order valence-electron chi connectivity index (χ0n) is 10.6. The van der Waals surface area contributed by atoms with Gasteiger partial charge in [-0.05, 0) is 29.8 Å². The third kappa shape index (κ3) is 2.26. The summed E-state index contributed by atoms with van der Waals surface area (Å²) in [5, 5.41) is 14.9. The molecule has 0 atom stereocenters. The molecule has 0 radical (unpaired) electrons. The van der Waals surface area contributed by atoms with Crippen LogP contribution in [0.3, 0.4) is 0 Å². The highest BCUT2D eigenvalue weighted by Gasteiger charge is 2.24. The number of fused-ring (bicyclic) bond motifs is 1. The number of benzene rings is 1. The summed E-state index contributed by atoms with van der Waals surface area (Å²) in [5.41, 5.74) is 2.95. The Bertz CT molecular complexity index is 695. The van der Waals surface area contributed by atoms with Gasteiger partial charge in [-0.1, -0.05) is 12.1 Å². The quantitative estimate of drug-likeness (QED) is 0.743. The summed E-state index contributed by atoms with van der Waals surface area (Å²) in [6.45, 7) is -0.0146. The Balaban J connectivity index is 1.87. The Morgan fingerprint density at radius 2 is 2.20 bits per heavy atom. The van der Waals surface area contributed by atoms with E-state index in [1.54, 1.807) is 18.5 Å². The maximum absolute atomic E-state index is 11.9. The SMILES string of the molecule is O=C1Nc2ncccc2C1=CNc1cccc(CO)c1. The lowest BCUT2D eigenvalue weighted by atomic mass is 10.1. The maximum Gasteiger partial charge on any atom is 0.259 e. The van der Waals surface area contributed by atoms with Crippen LogP contribution in [0.1, 0.15) is 11.1 Å². The van der Waals surface area contributed by atoms with Crippen LogP contribution in [0.2, 0.25) is 0 Å². The fourth-order valence-electron chi connectivity index (χ4n) is 2.08. The standard InChI is InChI=1S/C15H13N3O2/c19-9-10-3-1-4-11(7-10)17-8-13-12-5-2-6-16-14(12)18-15(13)20/h1-8,17,19H,9H2,(H,16,18,20). The molecule has 0 saturated carbocycles. The number of aliphatic hydroxyl groups excluding tert-OH is 1. The summed E-state index contributed by atoms with van der Waals surface area (Å²) < 4.78 is 0. The van der Waals surface area contributed by atoms with E-state index in [2.05, 4.69) is 15.6 Å². The summed E-state index contributed by atoms with van der Waals surface area (Å²) in [5.74, 6) is 0.402. The number of amides is 1. The molecule has 1 aromatic carbocycles. The number of nitrogens with one attached hydrogen (secondary N) is 2. The van der Waals surface area contributed by atoms with Gasteiger partial charge in [-0.3, -0.25) is 4.79 Å². The number of carbonyl (C=O) groups is 1. The van der Waals surface area contributed by atoms with Gasteiger partial charge in [-0.15, -0.1) is 0 Å². The van der Waals surface area contributed by atoms with Gasteiger partial charge < -0.3 is 15.7 Å². The number of pyridine rings is 1. The minimum Gasteiger partial charge on any atom is -0.392 e. The number of nitrogens with zero attached hydrogens (tertiary/aromatic N) is 1. The molecule has 0 unspecified atom stereocenters. The van der Waals surface area contributed by atoms with Crippen molar-refractivity contribution in [1.82, 2.24) is 4.98 Å². The largest absolute Gasteiger partial charge is 0.392 e. The lowest BCUT2D eigenvalue weighted by Gasteiger charge is -2.04. The fraction of sp³-hybridized carbons (Fsp3) is 0.0667. The molecule has 5 heteroatoms. The third-order valence-electron chi connectivity index (χ3n) is 3.07. The average Bonchev–Trinajstić information content (AvgIpc) is 2.81. The van der Waals surface area contributed by atoms with E-state index in [0.29, 0.717) is 11.4 Å². The number of rotatable bonds is 3. The summed E-state index contributed by atoms with van der Waals surface area (Å²) >= 11 is 0. The van der Waals surface area contributed by atoms with Crippen LogP contribution in [0.4, 0.5) is 11.5 Å². The first-order valence-corrected chi connectivity index (χ1v) is 6.21. The molecule has 1 aliphatic heterocycles. The van der Waals surface area contributed by atoms with E-state index in [1.807, 2.05) is 30.3 Å². The molecule has 20 heavy (non-hydrogen) atoms. The fourth-order valence-corrected chi connectivity index (χ4v) is 2.08. The lowest BCUT2D eigenvalue weighted by Crippen LogP contribution is -2.05. The zero-order valence-corrected chi connectivity index (χ0v) is 10.6. The van der Waals surface area contributed by atoms with Gasteiger partial charge in [0.25, 0.3) is 5.91 Å². The molecule has 1 aromatic heterocycles. The van der Waals surface area contributed by atoms with Gasteiger partial charge in [-0.25, -0.2) is 4.98 Å². The first kappa shape index (κ1) is 12.4. The first-order valence-electron chi connectivity index (χ1n) is 6.21. The van der Waals surface area contributed by atoms with E-state index in [4.69, 9.17) is 5.11 Å². The van der Waals surface area contributed by atoms with Crippen molar-refractivity contribution in [1.29, 1.82) is 0 Å². The predicted molar refractivity (Wildman–Crippen MR) is 76.8 cm³/mol. The highest BCUT2D eigenvalue weighted by molar-refractivity contribution is 6.31. The highest BCUT2D eigenvalue weighted by Crippen LogP contribution is 2.29. The molecule has 2 aromatic rings. The molecule has 0 aliphatic carbocycles. The Hall–Kier alpha value is -2.66. The number of hydrogen-bond donors (Lipinski definition) is 3. The van der Waals surface area contributed by atoms with Crippen LogP contribution in [0.15, 0.2) is 48.8 Å². The summed E-state index contributed by atoms with van der Waals surface area (Å²) in [6, 6.07) is 11.0. The van der Waals surface area contributed by atoms with E-state index < -0.39 is 0 Å². The van der Waals surface area contributed by atoms with Crippen LogP contribution in [0, 0.1) is 0 Å².